The fraction of sp³-hybridized carbons (Fsp3) is 0.418. The van der Waals surface area contributed by atoms with Crippen LogP contribution in [0, 0.1) is 23.5 Å². The van der Waals surface area contributed by atoms with Crippen LogP contribution in [0.15, 0.2) is 87.9 Å². The number of carboxylic acids is 1. The first-order valence-corrected chi connectivity index (χ1v) is 25.7. The molecule has 0 bridgehead atoms. The number of carbonyl (C=O) groups excluding carboxylic acids is 5. The van der Waals surface area contributed by atoms with Crippen LogP contribution >= 0.6 is 0 Å². The molecule has 26 heteroatoms. The molecular weight excluding hydrogens is 1060 g/mol. The van der Waals surface area contributed by atoms with Crippen LogP contribution in [-0.4, -0.2) is 140 Å². The van der Waals surface area contributed by atoms with Gasteiger partial charge in [0.15, 0.2) is 5.65 Å². The number of alkyl carbamates (subject to hydrolysis) is 2. The highest BCUT2D eigenvalue weighted by atomic mass is 19.1. The fourth-order valence-corrected chi connectivity index (χ4v) is 7.76. The van der Waals surface area contributed by atoms with Gasteiger partial charge in [-0.1, -0.05) is 39.8 Å². The quantitative estimate of drug-likeness (QED) is 0.0508. The van der Waals surface area contributed by atoms with E-state index in [1.807, 2.05) is 27.7 Å². The van der Waals surface area contributed by atoms with Crippen molar-refractivity contribution in [1.82, 2.24) is 49.5 Å². The number of nitrogen functional groups attached to an aromatic ring is 1. The number of carboxylic acid groups (broad SMARTS) is 1. The number of aliphatic imine (C=N–C) groups is 1. The lowest BCUT2D eigenvalue weighted by molar-refractivity contribution is -0.139. The van der Waals surface area contributed by atoms with E-state index < -0.39 is 47.5 Å². The third-order valence-electron chi connectivity index (χ3n) is 11.9. The number of anilines is 2. The molecule has 2 atom stereocenters. The summed E-state index contributed by atoms with van der Waals surface area (Å²) in [7, 11) is 8.80. The van der Waals surface area contributed by atoms with Crippen molar-refractivity contribution in [2.45, 2.75) is 97.8 Å². The largest absolute Gasteiger partial charge is 0.480 e. The maximum absolute atomic E-state index is 14.4. The molecule has 6 rings (SSSR count). The standard InChI is InChI=1S/C28H35FN6O5.C16H18FN5O.C11H18N2O5/c1-17(2)13-19-20(29)15-30-23-14-18(31-25(19)23)16-35-12-8-10-22(27(35)38)32-26(37)21(33-28(39)40-5)9-6-7-11-24(36)34(3)4;1-9(2)6-10-11(17)7-19-15-14(10)20-13(21-15)8-22-5-3-4-12(18)16(22)23;1-13(2)9(14)7-5-4-6-8(10(15)16)12-11(17)18-3/h7-8,10-12,15,17,21H,6,9,13-14,16H2,1-5H3,(H,32,37)(H,33,39);3-5,7,9H,6,8,18H2,1-2H3,(H,19,20,21);5,7-8H,4,6H2,1-3H3,(H,12,17)(H,15,16)/b11-7+;;7-5+/t21-;;8-/m0.0/s1. The molecule has 0 saturated carbocycles. The molecule has 0 aromatic carbocycles. The third kappa shape index (κ3) is 19.6. The lowest BCUT2D eigenvalue weighted by Crippen LogP contribution is -2.44. The number of H-pyrrole nitrogens is 1. The number of carbonyl (C=O) groups is 6. The minimum Gasteiger partial charge on any atom is -0.480 e. The number of nitrogens with two attached hydrogens (primary N) is 1. The number of amides is 5. The molecule has 0 unspecified atom stereocenters. The number of aromatic nitrogens is 6. The first-order valence-electron chi connectivity index (χ1n) is 25.7. The van der Waals surface area contributed by atoms with Gasteiger partial charge in [-0.2, -0.15) is 0 Å². The maximum atomic E-state index is 14.4. The van der Waals surface area contributed by atoms with E-state index in [1.54, 1.807) is 70.9 Å². The van der Waals surface area contributed by atoms with Gasteiger partial charge < -0.3 is 60.2 Å². The number of rotatable bonds is 21. The Morgan fingerprint density at radius 3 is 1.88 bits per heavy atom. The number of imidazole rings is 1. The van der Waals surface area contributed by atoms with Crippen molar-refractivity contribution in [3.05, 3.63) is 128 Å². The topological polar surface area (TPSA) is 321 Å². The van der Waals surface area contributed by atoms with Crippen LogP contribution in [0.5, 0.6) is 0 Å². The van der Waals surface area contributed by atoms with Gasteiger partial charge in [-0.3, -0.25) is 33.9 Å². The van der Waals surface area contributed by atoms with Crippen molar-refractivity contribution >= 4 is 69.8 Å². The first kappa shape index (κ1) is 64.4. The normalized spacial score (nSPS) is 12.4. The van der Waals surface area contributed by atoms with Gasteiger partial charge in [0.25, 0.3) is 11.1 Å². The Bertz CT molecular complexity index is 3260. The van der Waals surface area contributed by atoms with Crippen molar-refractivity contribution in [2.24, 2.45) is 16.8 Å². The minimum absolute atomic E-state index is 0.0169. The van der Waals surface area contributed by atoms with Gasteiger partial charge in [-0.25, -0.2) is 33.1 Å². The summed E-state index contributed by atoms with van der Waals surface area (Å²) in [5, 5.41) is 16.1. The molecule has 5 aromatic heterocycles. The maximum Gasteiger partial charge on any atom is 0.407 e. The number of likely N-dealkylation sites (N-methyl/N-ethyl adjacent to an activating group) is 2. The Balaban J connectivity index is 0.000000290. The summed E-state index contributed by atoms with van der Waals surface area (Å²) in [6, 6.07) is 4.27. The average Bonchev–Trinajstić information content (AvgIpc) is 4.19. The Hall–Kier alpha value is -9.10. The van der Waals surface area contributed by atoms with Crippen molar-refractivity contribution in [2.75, 3.05) is 53.5 Å². The van der Waals surface area contributed by atoms with E-state index in [-0.39, 0.29) is 66.4 Å². The number of nitrogens with one attached hydrogen (secondary N) is 4. The number of aromatic amines is 1. The monoisotopic (exact) mass is 1130 g/mol. The fourth-order valence-electron chi connectivity index (χ4n) is 7.76. The van der Waals surface area contributed by atoms with Crippen LogP contribution in [0.2, 0.25) is 0 Å². The summed E-state index contributed by atoms with van der Waals surface area (Å²) in [5.74, 6) is -1.81. The molecule has 1 aliphatic rings. The summed E-state index contributed by atoms with van der Waals surface area (Å²) >= 11 is 0. The zero-order chi connectivity index (χ0) is 60.1. The molecule has 0 fully saturated rings. The summed E-state index contributed by atoms with van der Waals surface area (Å²) in [5.41, 5.74) is 9.04. The molecule has 6 heterocycles. The summed E-state index contributed by atoms with van der Waals surface area (Å²) < 4.78 is 40.3. The predicted octanol–water partition coefficient (Wildman–Crippen LogP) is 5.31. The van der Waals surface area contributed by atoms with Gasteiger partial charge in [-0.05, 0) is 86.8 Å². The molecule has 1 aliphatic heterocycles. The van der Waals surface area contributed by atoms with Crippen LogP contribution in [0.25, 0.3) is 11.2 Å². The van der Waals surface area contributed by atoms with Crippen molar-refractivity contribution in [1.29, 1.82) is 0 Å². The van der Waals surface area contributed by atoms with Crippen LogP contribution in [0.4, 0.5) is 35.4 Å². The van der Waals surface area contributed by atoms with E-state index in [1.165, 1.54) is 56.7 Å². The zero-order valence-electron chi connectivity index (χ0n) is 47.0. The van der Waals surface area contributed by atoms with E-state index in [0.29, 0.717) is 83.2 Å². The number of allylic oxidation sites excluding steroid dienone is 2. The molecule has 81 heavy (non-hydrogen) atoms. The number of aliphatic carboxylic acids is 1. The van der Waals surface area contributed by atoms with Crippen molar-refractivity contribution in [3.8, 4) is 0 Å². The number of pyridine rings is 4. The third-order valence-corrected chi connectivity index (χ3v) is 11.9. The molecule has 24 nitrogen and oxygen atoms in total. The zero-order valence-corrected chi connectivity index (χ0v) is 47.0. The summed E-state index contributed by atoms with van der Waals surface area (Å²) in [6.45, 7) is 8.41. The van der Waals surface area contributed by atoms with Gasteiger partial charge in [0.1, 0.15) is 35.2 Å². The number of hydrogen-bond donors (Lipinski definition) is 6. The molecule has 5 aromatic rings. The first-order chi connectivity index (χ1) is 38.3. The molecule has 0 saturated heterocycles. The lowest BCUT2D eigenvalue weighted by atomic mass is 10.0. The van der Waals surface area contributed by atoms with Gasteiger partial charge >= 0.3 is 18.2 Å². The Labute approximate surface area is 466 Å². The summed E-state index contributed by atoms with van der Waals surface area (Å²) in [4.78, 5) is 118. The number of ether oxygens (including phenoxy) is 2. The molecule has 436 valence electrons. The molecule has 0 aliphatic carbocycles. The van der Waals surface area contributed by atoms with Gasteiger partial charge in [-0.15, -0.1) is 0 Å². The number of methoxy groups -OCH3 is 2. The summed E-state index contributed by atoms with van der Waals surface area (Å²) in [6.07, 6.45) is 12.4. The molecule has 0 radical (unpaired) electrons. The molecule has 0 spiro atoms. The predicted molar refractivity (Wildman–Crippen MR) is 300 cm³/mol. The molecule has 7 N–H and O–H groups in total. The van der Waals surface area contributed by atoms with Gasteiger partial charge in [0.2, 0.25) is 17.7 Å². The van der Waals surface area contributed by atoms with E-state index in [4.69, 9.17) is 10.8 Å². The van der Waals surface area contributed by atoms with Crippen molar-refractivity contribution in [3.63, 3.8) is 0 Å². The van der Waals surface area contributed by atoms with E-state index >= 15 is 0 Å². The highest BCUT2D eigenvalue weighted by Gasteiger charge is 2.25. The Morgan fingerprint density at radius 2 is 1.31 bits per heavy atom. The van der Waals surface area contributed by atoms with Crippen LogP contribution in [0.3, 0.4) is 0 Å². The van der Waals surface area contributed by atoms with E-state index in [2.05, 4.69) is 50.4 Å². The highest BCUT2D eigenvalue weighted by Crippen LogP contribution is 2.33. The van der Waals surface area contributed by atoms with Crippen LogP contribution < -0.4 is 32.8 Å². The number of nitrogens with zero attached hydrogens (tertiary/aromatic N) is 8. The average molecular weight is 1130 g/mol. The SMILES string of the molecule is CC(C)Cc1c(F)cnc2nc(Cn3cccc(N)c3=O)[nH]c12.COC(=O)N[C@@H](CC/C=C/C(=O)N(C)C)C(=O)Nc1cccn(CC2=Nc3c(ncc(F)c3CC(C)C)C2)c1=O.COC(=O)N[C@@H](CC/C=C/C(=O)N(C)C)C(=O)O. The van der Waals surface area contributed by atoms with Crippen LogP contribution in [0.1, 0.15) is 76.0 Å². The van der Waals surface area contributed by atoms with Crippen LogP contribution in [-0.2, 0) is 61.0 Å². The second kappa shape index (κ2) is 30.9. The van der Waals surface area contributed by atoms with Gasteiger partial charge in [0.05, 0.1) is 62.3 Å². The Kier molecular flexibility index (Phi) is 24.6. The molecular formula is C55H71F2N13O11. The van der Waals surface area contributed by atoms with E-state index in [0.717, 1.165) is 7.11 Å². The molecule has 5 amide bonds. The smallest absolute Gasteiger partial charge is 0.407 e. The van der Waals surface area contributed by atoms with Crippen molar-refractivity contribution < 1.29 is 52.1 Å². The highest BCUT2D eigenvalue weighted by molar-refractivity contribution is 5.97. The second-order valence-electron chi connectivity index (χ2n) is 19.8. The minimum atomic E-state index is -1.15. The van der Waals surface area contributed by atoms with E-state index in [9.17, 15) is 47.1 Å². The Morgan fingerprint density at radius 1 is 0.778 bits per heavy atom. The second-order valence-corrected chi connectivity index (χ2v) is 19.8. The van der Waals surface area contributed by atoms with Gasteiger partial charge in [0, 0.05) is 63.8 Å². The number of hydrogen-bond acceptors (Lipinski definition) is 15. The lowest BCUT2D eigenvalue weighted by Gasteiger charge is -2.17. The number of halogens is 2. The number of fused-ring (bicyclic) bond motifs is 2.